The maximum absolute atomic E-state index is 12.1. The second-order valence-electron chi connectivity index (χ2n) is 4.96. The van der Waals surface area contributed by atoms with Crippen LogP contribution in [-0.4, -0.2) is 31.0 Å². The molecule has 0 aliphatic heterocycles. The molecule has 1 N–H and O–H groups in total. The third-order valence-corrected chi connectivity index (χ3v) is 3.36. The van der Waals surface area contributed by atoms with Crippen molar-refractivity contribution in [3.8, 4) is 11.4 Å². The molecule has 9 heteroatoms. The molecule has 120 valence electrons. The fourth-order valence-electron chi connectivity index (χ4n) is 2.11. The lowest BCUT2D eigenvalue weighted by Gasteiger charge is -2.06. The molecular weight excluding hydrogens is 312 g/mol. The van der Waals surface area contributed by atoms with Gasteiger partial charge >= 0.3 is 0 Å². The second-order valence-corrected chi connectivity index (χ2v) is 4.96. The molecule has 0 saturated heterocycles. The van der Waals surface area contributed by atoms with E-state index in [0.29, 0.717) is 17.1 Å². The summed E-state index contributed by atoms with van der Waals surface area (Å²) in [7, 11) is 1.74. The first-order chi connectivity index (χ1) is 11.5. The van der Waals surface area contributed by atoms with Crippen LogP contribution in [0.3, 0.4) is 0 Å². The number of anilines is 1. The SMILES string of the molecule is Cn1nnnc1-c1ccc(NC(=O)c2ccc([N+](=O)[O-])cc2)cc1. The van der Waals surface area contributed by atoms with E-state index in [1.165, 1.54) is 24.3 Å². The summed E-state index contributed by atoms with van der Waals surface area (Å²) in [4.78, 5) is 22.2. The quantitative estimate of drug-likeness (QED) is 0.580. The van der Waals surface area contributed by atoms with E-state index in [0.717, 1.165) is 5.56 Å². The number of hydrogen-bond acceptors (Lipinski definition) is 6. The number of nitro benzene ring substituents is 1. The molecule has 1 heterocycles. The molecule has 3 rings (SSSR count). The molecule has 0 spiro atoms. The zero-order valence-electron chi connectivity index (χ0n) is 12.6. The van der Waals surface area contributed by atoms with Crippen molar-refractivity contribution in [2.24, 2.45) is 7.05 Å². The van der Waals surface area contributed by atoms with Crippen molar-refractivity contribution in [1.29, 1.82) is 0 Å². The zero-order chi connectivity index (χ0) is 17.1. The summed E-state index contributed by atoms with van der Waals surface area (Å²) >= 11 is 0. The Morgan fingerprint density at radius 3 is 2.33 bits per heavy atom. The van der Waals surface area contributed by atoms with Gasteiger partial charge in [0.25, 0.3) is 11.6 Å². The molecule has 24 heavy (non-hydrogen) atoms. The number of rotatable bonds is 4. The lowest BCUT2D eigenvalue weighted by atomic mass is 10.1. The number of benzene rings is 2. The van der Waals surface area contributed by atoms with E-state index in [1.54, 1.807) is 36.0 Å². The van der Waals surface area contributed by atoms with Gasteiger partial charge in [0.15, 0.2) is 5.82 Å². The van der Waals surface area contributed by atoms with Gasteiger partial charge in [0.05, 0.1) is 4.92 Å². The van der Waals surface area contributed by atoms with Gasteiger partial charge in [-0.1, -0.05) is 0 Å². The minimum atomic E-state index is -0.512. The fourth-order valence-corrected chi connectivity index (χ4v) is 2.11. The van der Waals surface area contributed by atoms with Gasteiger partial charge in [0.2, 0.25) is 0 Å². The Hall–Kier alpha value is -3.62. The number of nitrogens with one attached hydrogen (secondary N) is 1. The highest BCUT2D eigenvalue weighted by Crippen LogP contribution is 2.19. The van der Waals surface area contributed by atoms with E-state index < -0.39 is 4.92 Å². The van der Waals surface area contributed by atoms with Crippen LogP contribution in [0.4, 0.5) is 11.4 Å². The molecule has 3 aromatic rings. The van der Waals surface area contributed by atoms with E-state index in [2.05, 4.69) is 20.8 Å². The zero-order valence-corrected chi connectivity index (χ0v) is 12.6. The molecule has 9 nitrogen and oxygen atoms in total. The summed E-state index contributed by atoms with van der Waals surface area (Å²) in [5.41, 5.74) is 1.68. The third-order valence-electron chi connectivity index (χ3n) is 3.36. The summed E-state index contributed by atoms with van der Waals surface area (Å²) < 4.78 is 1.55. The van der Waals surface area contributed by atoms with Crippen molar-refractivity contribution in [2.75, 3.05) is 5.32 Å². The first-order valence-corrected chi connectivity index (χ1v) is 6.93. The largest absolute Gasteiger partial charge is 0.322 e. The summed E-state index contributed by atoms with van der Waals surface area (Å²) in [6, 6.07) is 12.4. The molecule has 0 aliphatic carbocycles. The van der Waals surface area contributed by atoms with Crippen LogP contribution in [0.5, 0.6) is 0 Å². The van der Waals surface area contributed by atoms with Gasteiger partial charge in [-0.25, -0.2) is 4.68 Å². The van der Waals surface area contributed by atoms with Crippen LogP contribution in [0.15, 0.2) is 48.5 Å². The van der Waals surface area contributed by atoms with Crippen molar-refractivity contribution in [2.45, 2.75) is 0 Å². The van der Waals surface area contributed by atoms with E-state index in [4.69, 9.17) is 0 Å². The smallest absolute Gasteiger partial charge is 0.269 e. The maximum atomic E-state index is 12.1. The predicted octanol–water partition coefficient (Wildman–Crippen LogP) is 2.04. The van der Waals surface area contributed by atoms with Gasteiger partial charge < -0.3 is 5.32 Å². The monoisotopic (exact) mass is 324 g/mol. The van der Waals surface area contributed by atoms with Gasteiger partial charge in [-0.05, 0) is 46.8 Å². The Balaban J connectivity index is 1.72. The topological polar surface area (TPSA) is 116 Å². The number of nitro groups is 1. The number of nitrogens with zero attached hydrogens (tertiary/aromatic N) is 5. The minimum absolute atomic E-state index is 0.0619. The van der Waals surface area contributed by atoms with Crippen molar-refractivity contribution < 1.29 is 9.72 Å². The number of amides is 1. The number of carbonyl (C=O) groups is 1. The van der Waals surface area contributed by atoms with E-state index in [9.17, 15) is 14.9 Å². The highest BCUT2D eigenvalue weighted by Gasteiger charge is 2.10. The van der Waals surface area contributed by atoms with Crippen LogP contribution in [0, 0.1) is 10.1 Å². The Kier molecular flexibility index (Phi) is 3.98. The molecule has 1 amide bonds. The van der Waals surface area contributed by atoms with E-state index >= 15 is 0 Å². The van der Waals surface area contributed by atoms with Gasteiger partial charge in [-0.3, -0.25) is 14.9 Å². The van der Waals surface area contributed by atoms with Crippen LogP contribution in [0.2, 0.25) is 0 Å². The fraction of sp³-hybridized carbons (Fsp3) is 0.0667. The second kappa shape index (κ2) is 6.24. The highest BCUT2D eigenvalue weighted by molar-refractivity contribution is 6.04. The minimum Gasteiger partial charge on any atom is -0.322 e. The van der Waals surface area contributed by atoms with Gasteiger partial charge in [0, 0.05) is 36.0 Å². The maximum Gasteiger partial charge on any atom is 0.269 e. The summed E-state index contributed by atoms with van der Waals surface area (Å²) in [6.45, 7) is 0. The molecule has 0 fully saturated rings. The van der Waals surface area contributed by atoms with Crippen LogP contribution >= 0.6 is 0 Å². The molecule has 0 saturated carbocycles. The van der Waals surface area contributed by atoms with Crippen molar-refractivity contribution in [3.05, 3.63) is 64.2 Å². The van der Waals surface area contributed by atoms with Crippen LogP contribution < -0.4 is 5.32 Å². The average Bonchev–Trinajstić information content (AvgIpc) is 3.01. The number of carbonyl (C=O) groups excluding carboxylic acids is 1. The summed E-state index contributed by atoms with van der Waals surface area (Å²) in [5.74, 6) is 0.265. The van der Waals surface area contributed by atoms with Crippen LogP contribution in [0.25, 0.3) is 11.4 Å². The molecule has 0 aliphatic rings. The molecular formula is C15H12N6O3. The first kappa shape index (κ1) is 15.3. The molecule has 0 bridgehead atoms. The van der Waals surface area contributed by atoms with Crippen molar-refractivity contribution in [3.63, 3.8) is 0 Å². The molecule has 0 radical (unpaired) electrons. The average molecular weight is 324 g/mol. The number of hydrogen-bond donors (Lipinski definition) is 1. The number of aromatic nitrogens is 4. The summed E-state index contributed by atoms with van der Waals surface area (Å²) in [6.07, 6.45) is 0. The van der Waals surface area contributed by atoms with Gasteiger partial charge in [-0.15, -0.1) is 5.10 Å². The molecule has 0 atom stereocenters. The Labute approximate surface area is 136 Å². The molecule has 0 unspecified atom stereocenters. The van der Waals surface area contributed by atoms with Crippen LogP contribution in [0.1, 0.15) is 10.4 Å². The molecule has 2 aromatic carbocycles. The lowest BCUT2D eigenvalue weighted by molar-refractivity contribution is -0.384. The predicted molar refractivity (Wildman–Crippen MR) is 85.3 cm³/mol. The van der Waals surface area contributed by atoms with Crippen molar-refractivity contribution in [1.82, 2.24) is 20.2 Å². The Morgan fingerprint density at radius 2 is 1.79 bits per heavy atom. The Morgan fingerprint density at radius 1 is 1.12 bits per heavy atom. The first-order valence-electron chi connectivity index (χ1n) is 6.93. The summed E-state index contributed by atoms with van der Waals surface area (Å²) in [5, 5.41) is 24.6. The third kappa shape index (κ3) is 3.09. The van der Waals surface area contributed by atoms with E-state index in [1.807, 2.05) is 0 Å². The van der Waals surface area contributed by atoms with E-state index in [-0.39, 0.29) is 11.6 Å². The number of aryl methyl sites for hydroxylation is 1. The van der Waals surface area contributed by atoms with Gasteiger partial charge in [-0.2, -0.15) is 0 Å². The van der Waals surface area contributed by atoms with Gasteiger partial charge in [0.1, 0.15) is 0 Å². The van der Waals surface area contributed by atoms with Crippen molar-refractivity contribution >= 4 is 17.3 Å². The Bertz CT molecular complexity index is 886. The lowest BCUT2D eigenvalue weighted by Crippen LogP contribution is -2.11. The highest BCUT2D eigenvalue weighted by atomic mass is 16.6. The van der Waals surface area contributed by atoms with Crippen LogP contribution in [-0.2, 0) is 7.05 Å². The molecule has 1 aromatic heterocycles. The standard InChI is InChI=1S/C15H12N6O3/c1-20-14(17-18-19-20)10-2-6-12(7-3-10)16-15(22)11-4-8-13(9-5-11)21(23)24/h2-9H,1H3,(H,16,22). The number of tetrazole rings is 1. The normalized spacial score (nSPS) is 10.4. The number of non-ortho nitro benzene ring substituents is 1.